The van der Waals surface area contributed by atoms with Gasteiger partial charge in [-0.3, -0.25) is 4.79 Å². The number of fused-ring (bicyclic) bond motifs is 1. The van der Waals surface area contributed by atoms with Crippen LogP contribution in [0.3, 0.4) is 0 Å². The predicted molar refractivity (Wildman–Crippen MR) is 54.3 cm³/mol. The Balaban J connectivity index is 2.44. The molecule has 3 heteroatoms. The number of benzene rings is 1. The molecule has 0 aromatic heterocycles. The molecule has 1 aromatic carbocycles. The van der Waals surface area contributed by atoms with Gasteiger partial charge < -0.3 is 10.4 Å². The second-order valence-electron chi connectivity index (χ2n) is 3.68. The van der Waals surface area contributed by atoms with E-state index in [0.717, 1.165) is 16.8 Å². The number of hydrogen-bond acceptors (Lipinski definition) is 2. The molecule has 0 radical (unpaired) electrons. The zero-order valence-corrected chi connectivity index (χ0v) is 8.08. The first-order valence-corrected chi connectivity index (χ1v) is 4.75. The highest BCUT2D eigenvalue weighted by Crippen LogP contribution is 2.30. The fourth-order valence-electron chi connectivity index (χ4n) is 1.83. The summed E-state index contributed by atoms with van der Waals surface area (Å²) in [5.74, 6) is 0.134. The van der Waals surface area contributed by atoms with Crippen molar-refractivity contribution in [2.45, 2.75) is 19.3 Å². The monoisotopic (exact) mass is 191 g/mol. The van der Waals surface area contributed by atoms with Crippen LogP contribution in [-0.2, 0) is 11.2 Å². The van der Waals surface area contributed by atoms with Crippen LogP contribution in [0.1, 0.15) is 24.0 Å². The molecule has 2 rings (SSSR count). The van der Waals surface area contributed by atoms with Gasteiger partial charge in [-0.25, -0.2) is 0 Å². The van der Waals surface area contributed by atoms with Crippen molar-refractivity contribution in [2.24, 2.45) is 0 Å². The maximum absolute atomic E-state index is 11.2. The molecule has 0 aliphatic carbocycles. The van der Waals surface area contributed by atoms with E-state index < -0.39 is 0 Å². The SMILES string of the molecule is CC(CO)c1cccc2c1CC(=O)N2. The van der Waals surface area contributed by atoms with Crippen LogP contribution in [0.5, 0.6) is 0 Å². The Morgan fingerprint density at radius 2 is 2.36 bits per heavy atom. The first-order chi connectivity index (χ1) is 6.72. The summed E-state index contributed by atoms with van der Waals surface area (Å²) < 4.78 is 0. The first kappa shape index (κ1) is 9.21. The fraction of sp³-hybridized carbons (Fsp3) is 0.364. The minimum absolute atomic E-state index is 0.0394. The standard InChI is InChI=1S/C11H13NO2/c1-7(6-13)8-3-2-4-10-9(8)5-11(14)12-10/h2-4,7,13H,5-6H2,1H3,(H,12,14). The lowest BCUT2D eigenvalue weighted by molar-refractivity contribution is -0.115. The molecule has 1 atom stereocenters. The van der Waals surface area contributed by atoms with Crippen LogP contribution in [0, 0.1) is 0 Å². The van der Waals surface area contributed by atoms with Gasteiger partial charge >= 0.3 is 0 Å². The Hall–Kier alpha value is -1.35. The van der Waals surface area contributed by atoms with Gasteiger partial charge in [-0.15, -0.1) is 0 Å². The molecule has 2 N–H and O–H groups in total. The summed E-state index contributed by atoms with van der Waals surface area (Å²) in [6.45, 7) is 2.07. The molecule has 1 heterocycles. The maximum atomic E-state index is 11.2. The molecule has 74 valence electrons. The highest BCUT2D eigenvalue weighted by molar-refractivity contribution is 5.99. The average Bonchev–Trinajstić information content (AvgIpc) is 2.56. The van der Waals surface area contributed by atoms with E-state index in [1.807, 2.05) is 25.1 Å². The third kappa shape index (κ3) is 1.40. The van der Waals surface area contributed by atoms with Crippen LogP contribution in [0.25, 0.3) is 0 Å². The Kier molecular flexibility index (Phi) is 2.25. The molecule has 0 saturated heterocycles. The first-order valence-electron chi connectivity index (χ1n) is 4.75. The summed E-state index contributed by atoms with van der Waals surface area (Å²) in [5.41, 5.74) is 3.01. The third-order valence-electron chi connectivity index (χ3n) is 2.63. The zero-order chi connectivity index (χ0) is 10.1. The number of hydrogen-bond donors (Lipinski definition) is 2. The number of carbonyl (C=O) groups excluding carboxylic acids is 1. The fourth-order valence-corrected chi connectivity index (χ4v) is 1.83. The molecule has 3 nitrogen and oxygen atoms in total. The van der Waals surface area contributed by atoms with Crippen molar-refractivity contribution in [3.05, 3.63) is 29.3 Å². The van der Waals surface area contributed by atoms with Gasteiger partial charge in [0.2, 0.25) is 5.91 Å². The van der Waals surface area contributed by atoms with Crippen LogP contribution in [-0.4, -0.2) is 17.6 Å². The van der Waals surface area contributed by atoms with E-state index in [0.29, 0.717) is 6.42 Å². The molecular weight excluding hydrogens is 178 g/mol. The van der Waals surface area contributed by atoms with Gasteiger partial charge in [0.1, 0.15) is 0 Å². The van der Waals surface area contributed by atoms with Gasteiger partial charge in [0, 0.05) is 18.2 Å². The lowest BCUT2D eigenvalue weighted by Crippen LogP contribution is -2.04. The molecule has 1 unspecified atom stereocenters. The van der Waals surface area contributed by atoms with Crippen molar-refractivity contribution in [3.63, 3.8) is 0 Å². The normalized spacial score (nSPS) is 16.3. The molecule has 0 fully saturated rings. The number of carbonyl (C=O) groups is 1. The number of rotatable bonds is 2. The average molecular weight is 191 g/mol. The molecule has 0 bridgehead atoms. The van der Waals surface area contributed by atoms with Crippen LogP contribution in [0.4, 0.5) is 5.69 Å². The second-order valence-corrected chi connectivity index (χ2v) is 3.68. The molecule has 14 heavy (non-hydrogen) atoms. The Morgan fingerprint density at radius 3 is 3.07 bits per heavy atom. The van der Waals surface area contributed by atoms with E-state index in [-0.39, 0.29) is 18.4 Å². The molecule has 1 aromatic rings. The van der Waals surface area contributed by atoms with E-state index in [2.05, 4.69) is 5.32 Å². The molecular formula is C11H13NO2. The predicted octanol–water partition coefficient (Wildman–Crippen LogP) is 1.28. The zero-order valence-electron chi connectivity index (χ0n) is 8.08. The Labute approximate surface area is 82.8 Å². The molecule has 1 amide bonds. The minimum Gasteiger partial charge on any atom is -0.396 e. The van der Waals surface area contributed by atoms with Crippen molar-refractivity contribution >= 4 is 11.6 Å². The van der Waals surface area contributed by atoms with Gasteiger partial charge in [0.25, 0.3) is 0 Å². The maximum Gasteiger partial charge on any atom is 0.228 e. The highest BCUT2D eigenvalue weighted by Gasteiger charge is 2.22. The number of nitrogens with one attached hydrogen (secondary N) is 1. The van der Waals surface area contributed by atoms with Gasteiger partial charge in [-0.2, -0.15) is 0 Å². The summed E-state index contributed by atoms with van der Waals surface area (Å²) in [6, 6.07) is 5.78. The molecule has 0 spiro atoms. The van der Waals surface area contributed by atoms with Gasteiger partial charge in [0.05, 0.1) is 6.42 Å². The van der Waals surface area contributed by atoms with Gasteiger partial charge in [0.15, 0.2) is 0 Å². The summed E-state index contributed by atoms with van der Waals surface area (Å²) in [6.07, 6.45) is 0.440. The summed E-state index contributed by atoms with van der Waals surface area (Å²) in [7, 11) is 0. The Bertz CT molecular complexity index is 374. The van der Waals surface area contributed by atoms with E-state index >= 15 is 0 Å². The van der Waals surface area contributed by atoms with Crippen LogP contribution in [0.2, 0.25) is 0 Å². The largest absolute Gasteiger partial charge is 0.396 e. The van der Waals surface area contributed by atoms with E-state index in [4.69, 9.17) is 5.11 Å². The van der Waals surface area contributed by atoms with Crippen LogP contribution >= 0.6 is 0 Å². The molecule has 1 aliphatic rings. The van der Waals surface area contributed by atoms with Crippen LogP contribution < -0.4 is 5.32 Å². The van der Waals surface area contributed by atoms with Crippen molar-refractivity contribution in [2.75, 3.05) is 11.9 Å². The van der Waals surface area contributed by atoms with E-state index in [9.17, 15) is 4.79 Å². The van der Waals surface area contributed by atoms with Crippen molar-refractivity contribution in [1.82, 2.24) is 0 Å². The summed E-state index contributed by atoms with van der Waals surface area (Å²) >= 11 is 0. The lowest BCUT2D eigenvalue weighted by Gasteiger charge is -2.12. The number of aliphatic hydroxyl groups excluding tert-OH is 1. The van der Waals surface area contributed by atoms with E-state index in [1.54, 1.807) is 0 Å². The number of amides is 1. The van der Waals surface area contributed by atoms with Crippen molar-refractivity contribution in [1.29, 1.82) is 0 Å². The summed E-state index contributed by atoms with van der Waals surface area (Å²) in [5, 5.41) is 11.9. The van der Waals surface area contributed by atoms with Crippen LogP contribution in [0.15, 0.2) is 18.2 Å². The summed E-state index contributed by atoms with van der Waals surface area (Å²) in [4.78, 5) is 11.2. The third-order valence-corrected chi connectivity index (χ3v) is 2.63. The van der Waals surface area contributed by atoms with Gasteiger partial charge in [-0.1, -0.05) is 19.1 Å². The van der Waals surface area contributed by atoms with E-state index in [1.165, 1.54) is 0 Å². The Morgan fingerprint density at radius 1 is 1.57 bits per heavy atom. The quantitative estimate of drug-likeness (QED) is 0.739. The van der Waals surface area contributed by atoms with Gasteiger partial charge in [-0.05, 0) is 17.2 Å². The van der Waals surface area contributed by atoms with Crippen molar-refractivity contribution in [3.8, 4) is 0 Å². The number of aliphatic hydroxyl groups is 1. The number of anilines is 1. The van der Waals surface area contributed by atoms with Crippen molar-refractivity contribution < 1.29 is 9.90 Å². The highest BCUT2D eigenvalue weighted by atomic mass is 16.3. The second kappa shape index (κ2) is 3.42. The molecule has 0 saturated carbocycles. The minimum atomic E-state index is 0.0394. The lowest BCUT2D eigenvalue weighted by atomic mass is 9.95. The molecule has 1 aliphatic heterocycles. The topological polar surface area (TPSA) is 49.3 Å². The smallest absolute Gasteiger partial charge is 0.228 e.